The Morgan fingerprint density at radius 2 is 2.18 bits per heavy atom. The van der Waals surface area contributed by atoms with Gasteiger partial charge in [-0.1, -0.05) is 6.07 Å². The number of hydrogen-bond donors (Lipinski definition) is 0. The van der Waals surface area contributed by atoms with Crippen LogP contribution in [-0.2, 0) is 13.6 Å². The van der Waals surface area contributed by atoms with Gasteiger partial charge in [0.05, 0.1) is 18.2 Å². The van der Waals surface area contributed by atoms with E-state index in [1.807, 2.05) is 31.6 Å². The van der Waals surface area contributed by atoms with Crippen LogP contribution in [0.5, 0.6) is 5.75 Å². The van der Waals surface area contributed by atoms with Crippen LogP contribution in [-0.4, -0.2) is 33.6 Å². The lowest BCUT2D eigenvalue weighted by atomic mass is 10.1. The van der Waals surface area contributed by atoms with E-state index in [1.54, 1.807) is 12.1 Å². The molecule has 0 bridgehead atoms. The van der Waals surface area contributed by atoms with Crippen molar-refractivity contribution in [3.63, 3.8) is 0 Å². The smallest absolute Gasteiger partial charge is 0.122 e. The maximum Gasteiger partial charge on any atom is 0.122 e. The summed E-state index contributed by atoms with van der Waals surface area (Å²) in [4.78, 5) is 6.79. The fraction of sp³-hybridized carbons (Fsp3) is 0.412. The van der Waals surface area contributed by atoms with Crippen molar-refractivity contribution >= 4 is 0 Å². The largest absolute Gasteiger partial charge is 0.490 e. The number of imidazole rings is 1. The summed E-state index contributed by atoms with van der Waals surface area (Å²) in [6, 6.07) is 9.53. The maximum atomic E-state index is 8.93. The van der Waals surface area contributed by atoms with Crippen molar-refractivity contribution in [3.8, 4) is 11.8 Å². The van der Waals surface area contributed by atoms with Crippen molar-refractivity contribution in [3.05, 3.63) is 48.0 Å². The van der Waals surface area contributed by atoms with E-state index in [4.69, 9.17) is 10.00 Å². The molecule has 1 aliphatic heterocycles. The zero-order valence-electron chi connectivity index (χ0n) is 12.8. The van der Waals surface area contributed by atoms with Crippen LogP contribution in [0.2, 0.25) is 0 Å². The Kier molecular flexibility index (Phi) is 4.40. The lowest BCUT2D eigenvalue weighted by molar-refractivity contribution is 0.0949. The Hall–Kier alpha value is -2.32. The summed E-state index contributed by atoms with van der Waals surface area (Å²) in [7, 11) is 2.03. The van der Waals surface area contributed by atoms with Crippen LogP contribution in [0, 0.1) is 11.3 Å². The molecule has 0 atom stereocenters. The highest BCUT2D eigenvalue weighted by Crippen LogP contribution is 2.20. The number of aromatic nitrogens is 2. The maximum absolute atomic E-state index is 8.93. The van der Waals surface area contributed by atoms with Gasteiger partial charge in [-0.05, 0) is 31.0 Å². The second-order valence-electron chi connectivity index (χ2n) is 5.69. The first-order valence-electron chi connectivity index (χ1n) is 7.60. The number of nitriles is 1. The molecule has 1 fully saturated rings. The minimum absolute atomic E-state index is 0.228. The van der Waals surface area contributed by atoms with Gasteiger partial charge in [-0.3, -0.25) is 4.90 Å². The second kappa shape index (κ2) is 6.63. The molecule has 5 nitrogen and oxygen atoms in total. The molecular formula is C17H20N4O. The van der Waals surface area contributed by atoms with E-state index < -0.39 is 0 Å². The average molecular weight is 296 g/mol. The van der Waals surface area contributed by atoms with E-state index in [1.165, 1.54) is 0 Å². The Labute approximate surface area is 130 Å². The molecule has 0 N–H and O–H groups in total. The average Bonchev–Trinajstić information content (AvgIpc) is 2.94. The van der Waals surface area contributed by atoms with E-state index >= 15 is 0 Å². The van der Waals surface area contributed by atoms with E-state index in [2.05, 4.69) is 20.5 Å². The summed E-state index contributed by atoms with van der Waals surface area (Å²) in [5.41, 5.74) is 0.643. The highest BCUT2D eigenvalue weighted by Gasteiger charge is 2.21. The van der Waals surface area contributed by atoms with Gasteiger partial charge in [-0.25, -0.2) is 4.98 Å². The minimum atomic E-state index is 0.228. The summed E-state index contributed by atoms with van der Waals surface area (Å²) in [6.45, 7) is 2.91. The molecule has 0 amide bonds. The zero-order chi connectivity index (χ0) is 15.4. The van der Waals surface area contributed by atoms with Gasteiger partial charge < -0.3 is 9.30 Å². The van der Waals surface area contributed by atoms with Gasteiger partial charge in [0.1, 0.15) is 17.7 Å². The summed E-state index contributed by atoms with van der Waals surface area (Å²) in [6.07, 6.45) is 6.05. The molecule has 0 saturated carbocycles. The normalized spacial score (nSPS) is 16.4. The third kappa shape index (κ3) is 3.46. The molecule has 2 aromatic rings. The van der Waals surface area contributed by atoms with Crippen LogP contribution in [0.15, 0.2) is 36.7 Å². The van der Waals surface area contributed by atoms with Crippen molar-refractivity contribution in [1.29, 1.82) is 5.26 Å². The number of aryl methyl sites for hydroxylation is 1. The fourth-order valence-corrected chi connectivity index (χ4v) is 2.77. The first-order valence-corrected chi connectivity index (χ1v) is 7.60. The van der Waals surface area contributed by atoms with E-state index in [0.717, 1.165) is 44.0 Å². The van der Waals surface area contributed by atoms with Crippen LogP contribution in [0.1, 0.15) is 24.2 Å². The van der Waals surface area contributed by atoms with Gasteiger partial charge in [0.2, 0.25) is 0 Å². The molecule has 0 spiro atoms. The number of hydrogen-bond acceptors (Lipinski definition) is 4. The summed E-state index contributed by atoms with van der Waals surface area (Å²) in [5.74, 6) is 1.89. The molecule has 1 saturated heterocycles. The standard InChI is InChI=1S/C17H20N4O/c1-20-10-7-19-17(20)13-21-8-5-15(6-9-21)22-16-4-2-3-14(11-16)12-18/h2-4,7,10-11,15H,5-6,8-9,13H2,1H3. The molecule has 5 heteroatoms. The highest BCUT2D eigenvalue weighted by molar-refractivity contribution is 5.36. The third-order valence-electron chi connectivity index (χ3n) is 4.09. The van der Waals surface area contributed by atoms with Gasteiger partial charge in [0.25, 0.3) is 0 Å². The van der Waals surface area contributed by atoms with Gasteiger partial charge in [-0.15, -0.1) is 0 Å². The number of rotatable bonds is 4. The molecule has 1 aromatic heterocycles. The van der Waals surface area contributed by atoms with Crippen LogP contribution in [0.25, 0.3) is 0 Å². The quantitative estimate of drug-likeness (QED) is 0.869. The van der Waals surface area contributed by atoms with E-state index in [9.17, 15) is 0 Å². The summed E-state index contributed by atoms with van der Waals surface area (Å²) in [5, 5.41) is 8.93. The number of ether oxygens (including phenoxy) is 1. The van der Waals surface area contributed by atoms with Gasteiger partial charge >= 0.3 is 0 Å². The van der Waals surface area contributed by atoms with Crippen molar-refractivity contribution in [2.45, 2.75) is 25.5 Å². The Morgan fingerprint density at radius 3 is 2.86 bits per heavy atom. The minimum Gasteiger partial charge on any atom is -0.490 e. The fourth-order valence-electron chi connectivity index (χ4n) is 2.77. The van der Waals surface area contributed by atoms with Crippen LogP contribution < -0.4 is 4.74 Å². The molecule has 22 heavy (non-hydrogen) atoms. The number of piperidine rings is 1. The van der Waals surface area contributed by atoms with Gasteiger partial charge in [-0.2, -0.15) is 5.26 Å². The molecule has 2 heterocycles. The van der Waals surface area contributed by atoms with Crippen LogP contribution >= 0.6 is 0 Å². The predicted octanol–water partition coefficient (Wildman–Crippen LogP) is 2.34. The Morgan fingerprint density at radius 1 is 1.36 bits per heavy atom. The number of benzene rings is 1. The predicted molar refractivity (Wildman–Crippen MR) is 83.3 cm³/mol. The van der Waals surface area contributed by atoms with E-state index in [0.29, 0.717) is 5.56 Å². The molecule has 114 valence electrons. The lowest BCUT2D eigenvalue weighted by Crippen LogP contribution is -2.38. The van der Waals surface area contributed by atoms with Crippen LogP contribution in [0.3, 0.4) is 0 Å². The Bertz CT molecular complexity index is 665. The van der Waals surface area contributed by atoms with Crippen molar-refractivity contribution in [2.24, 2.45) is 7.05 Å². The Balaban J connectivity index is 1.51. The van der Waals surface area contributed by atoms with Gasteiger partial charge in [0, 0.05) is 32.5 Å². The molecule has 0 aliphatic carbocycles. The SMILES string of the molecule is Cn1ccnc1CN1CCC(Oc2cccc(C#N)c2)CC1. The number of likely N-dealkylation sites (tertiary alicyclic amines) is 1. The molecule has 1 aliphatic rings. The highest BCUT2D eigenvalue weighted by atomic mass is 16.5. The van der Waals surface area contributed by atoms with Crippen LogP contribution in [0.4, 0.5) is 0 Å². The number of nitrogens with zero attached hydrogens (tertiary/aromatic N) is 4. The van der Waals surface area contributed by atoms with Crippen molar-refractivity contribution < 1.29 is 4.74 Å². The lowest BCUT2D eigenvalue weighted by Gasteiger charge is -2.31. The summed E-state index contributed by atoms with van der Waals surface area (Å²) >= 11 is 0. The zero-order valence-corrected chi connectivity index (χ0v) is 12.8. The molecule has 0 unspecified atom stereocenters. The topological polar surface area (TPSA) is 54.1 Å². The molecule has 0 radical (unpaired) electrons. The first-order chi connectivity index (χ1) is 10.7. The van der Waals surface area contributed by atoms with Gasteiger partial charge in [0.15, 0.2) is 0 Å². The molecule has 1 aromatic carbocycles. The van der Waals surface area contributed by atoms with E-state index in [-0.39, 0.29) is 6.10 Å². The van der Waals surface area contributed by atoms with Crippen molar-refractivity contribution in [1.82, 2.24) is 14.5 Å². The molecular weight excluding hydrogens is 276 g/mol. The monoisotopic (exact) mass is 296 g/mol. The first kappa shape index (κ1) is 14.6. The molecule has 3 rings (SSSR count). The van der Waals surface area contributed by atoms with Crippen molar-refractivity contribution in [2.75, 3.05) is 13.1 Å². The summed E-state index contributed by atoms with van der Waals surface area (Å²) < 4.78 is 8.07. The second-order valence-corrected chi connectivity index (χ2v) is 5.69. The third-order valence-corrected chi connectivity index (χ3v) is 4.09.